The van der Waals surface area contributed by atoms with Crippen molar-refractivity contribution in [3.63, 3.8) is 0 Å². The number of hydrogen-bond acceptors (Lipinski definition) is 6. The molecule has 0 aliphatic carbocycles. The fourth-order valence-corrected chi connectivity index (χ4v) is 5.62. The number of thiophene rings is 1. The van der Waals surface area contributed by atoms with Crippen LogP contribution >= 0.6 is 11.3 Å². The molecule has 8 heteroatoms. The second-order valence-corrected chi connectivity index (χ2v) is 9.06. The van der Waals surface area contributed by atoms with Gasteiger partial charge in [-0.25, -0.2) is 18.4 Å². The molecule has 0 radical (unpaired) electrons. The van der Waals surface area contributed by atoms with Crippen LogP contribution in [0.4, 0.5) is 5.82 Å². The maximum Gasteiger partial charge on any atom is 0.252 e. The molecule has 3 heterocycles. The van der Waals surface area contributed by atoms with Gasteiger partial charge in [0.1, 0.15) is 4.21 Å². The molecule has 0 unspecified atom stereocenters. The third kappa shape index (κ3) is 3.01. The van der Waals surface area contributed by atoms with Crippen LogP contribution in [0, 0.1) is 6.92 Å². The van der Waals surface area contributed by atoms with Crippen molar-refractivity contribution in [3.8, 4) is 0 Å². The number of fused-ring (bicyclic) bond motifs is 1. The number of aromatic nitrogens is 2. The number of nitrogens with zero attached hydrogens (tertiary/aromatic N) is 4. The number of sulfonamides is 1. The van der Waals surface area contributed by atoms with Gasteiger partial charge in [0.2, 0.25) is 0 Å². The molecule has 6 nitrogen and oxygen atoms in total. The Bertz CT molecular complexity index is 995. The molecule has 3 aromatic rings. The molecule has 0 saturated carbocycles. The Hall–Kier alpha value is -2.03. The minimum absolute atomic E-state index is 0.405. The first-order valence-corrected chi connectivity index (χ1v) is 10.4. The molecule has 1 aromatic carbocycles. The summed E-state index contributed by atoms with van der Waals surface area (Å²) in [6.45, 7) is 4.07. The summed E-state index contributed by atoms with van der Waals surface area (Å²) in [5.41, 5.74) is 2.60. The number of aryl methyl sites for hydroxylation is 1. The van der Waals surface area contributed by atoms with E-state index in [1.807, 2.05) is 31.2 Å². The first kappa shape index (κ1) is 16.4. The van der Waals surface area contributed by atoms with Crippen LogP contribution in [0.5, 0.6) is 0 Å². The average molecular weight is 374 g/mol. The Balaban J connectivity index is 1.55. The number of piperazine rings is 1. The molecule has 2 aromatic heterocycles. The van der Waals surface area contributed by atoms with E-state index in [4.69, 9.17) is 4.98 Å². The Labute approximate surface area is 150 Å². The van der Waals surface area contributed by atoms with Gasteiger partial charge in [-0.05, 0) is 30.5 Å². The minimum Gasteiger partial charge on any atom is -0.352 e. The second kappa shape index (κ2) is 6.36. The molecular formula is C17H18N4O2S2. The van der Waals surface area contributed by atoms with E-state index in [0.29, 0.717) is 30.4 Å². The molecule has 0 bridgehead atoms. The summed E-state index contributed by atoms with van der Waals surface area (Å²) in [4.78, 5) is 11.5. The molecule has 1 fully saturated rings. The number of hydrogen-bond donors (Lipinski definition) is 0. The molecule has 0 atom stereocenters. The predicted octanol–water partition coefficient (Wildman–Crippen LogP) is 2.51. The van der Waals surface area contributed by atoms with Crippen molar-refractivity contribution in [1.82, 2.24) is 14.3 Å². The van der Waals surface area contributed by atoms with E-state index in [-0.39, 0.29) is 0 Å². The van der Waals surface area contributed by atoms with E-state index in [1.54, 1.807) is 21.8 Å². The normalized spacial score (nSPS) is 16.4. The highest BCUT2D eigenvalue weighted by Gasteiger charge is 2.30. The lowest BCUT2D eigenvalue weighted by Gasteiger charge is -2.34. The Morgan fingerprint density at radius 3 is 2.28 bits per heavy atom. The van der Waals surface area contributed by atoms with Crippen molar-refractivity contribution < 1.29 is 8.42 Å². The molecule has 4 rings (SSSR count). The molecule has 1 aliphatic heterocycles. The zero-order valence-corrected chi connectivity index (χ0v) is 15.4. The number of benzene rings is 1. The number of anilines is 1. The fraction of sp³-hybridized carbons (Fsp3) is 0.294. The van der Waals surface area contributed by atoms with Gasteiger partial charge in [0.15, 0.2) is 5.82 Å². The van der Waals surface area contributed by atoms with Crippen molar-refractivity contribution in [3.05, 3.63) is 47.5 Å². The van der Waals surface area contributed by atoms with E-state index in [1.165, 1.54) is 11.3 Å². The van der Waals surface area contributed by atoms with E-state index in [2.05, 4.69) is 9.88 Å². The quantitative estimate of drug-likeness (QED) is 0.705. The zero-order valence-electron chi connectivity index (χ0n) is 13.8. The molecule has 0 spiro atoms. The van der Waals surface area contributed by atoms with Gasteiger partial charge in [0.25, 0.3) is 10.0 Å². The molecule has 1 saturated heterocycles. The van der Waals surface area contributed by atoms with Gasteiger partial charge in [0, 0.05) is 26.2 Å². The van der Waals surface area contributed by atoms with Crippen LogP contribution in [0.25, 0.3) is 11.0 Å². The Kier molecular flexibility index (Phi) is 4.18. The lowest BCUT2D eigenvalue weighted by atomic mass is 10.2. The lowest BCUT2D eigenvalue weighted by Crippen LogP contribution is -2.49. The summed E-state index contributed by atoms with van der Waals surface area (Å²) in [5.74, 6) is 0.840. The van der Waals surface area contributed by atoms with Gasteiger partial charge in [-0.2, -0.15) is 4.31 Å². The van der Waals surface area contributed by atoms with Gasteiger partial charge in [-0.3, -0.25) is 0 Å². The number of rotatable bonds is 3. The lowest BCUT2D eigenvalue weighted by molar-refractivity contribution is 0.384. The summed E-state index contributed by atoms with van der Waals surface area (Å²) in [6, 6.07) is 11.2. The molecular weight excluding hydrogens is 356 g/mol. The van der Waals surface area contributed by atoms with Crippen LogP contribution in [0.3, 0.4) is 0 Å². The highest BCUT2D eigenvalue weighted by Crippen LogP contribution is 2.25. The molecule has 1 aliphatic rings. The maximum absolute atomic E-state index is 12.6. The third-order valence-corrected chi connectivity index (χ3v) is 7.62. The van der Waals surface area contributed by atoms with Crippen LogP contribution in [-0.2, 0) is 10.0 Å². The molecule has 0 N–H and O–H groups in total. The van der Waals surface area contributed by atoms with Gasteiger partial charge in [0.05, 0.1) is 16.7 Å². The highest BCUT2D eigenvalue weighted by atomic mass is 32.2. The topological polar surface area (TPSA) is 66.4 Å². The first-order chi connectivity index (χ1) is 12.1. The second-order valence-electron chi connectivity index (χ2n) is 5.94. The van der Waals surface area contributed by atoms with Crippen molar-refractivity contribution in [2.24, 2.45) is 0 Å². The monoisotopic (exact) mass is 374 g/mol. The minimum atomic E-state index is -3.38. The summed E-state index contributed by atoms with van der Waals surface area (Å²) >= 11 is 1.26. The van der Waals surface area contributed by atoms with Crippen molar-refractivity contribution in [2.45, 2.75) is 11.1 Å². The summed E-state index contributed by atoms with van der Waals surface area (Å²) in [5, 5.41) is 1.79. The van der Waals surface area contributed by atoms with E-state index in [0.717, 1.165) is 22.5 Å². The maximum atomic E-state index is 12.6. The van der Waals surface area contributed by atoms with E-state index >= 15 is 0 Å². The van der Waals surface area contributed by atoms with E-state index in [9.17, 15) is 8.42 Å². The first-order valence-electron chi connectivity index (χ1n) is 8.08. The van der Waals surface area contributed by atoms with Crippen LogP contribution < -0.4 is 4.90 Å². The Morgan fingerprint density at radius 1 is 0.960 bits per heavy atom. The molecule has 130 valence electrons. The van der Waals surface area contributed by atoms with Crippen LogP contribution in [0.1, 0.15) is 5.69 Å². The molecule has 25 heavy (non-hydrogen) atoms. The zero-order chi connectivity index (χ0) is 17.4. The smallest absolute Gasteiger partial charge is 0.252 e. The van der Waals surface area contributed by atoms with Gasteiger partial charge < -0.3 is 4.90 Å². The van der Waals surface area contributed by atoms with E-state index < -0.39 is 10.0 Å². The standard InChI is InChI=1S/C17H18N4O2S2/c1-13-17(19-15-6-3-2-5-14(15)18-13)20-8-10-21(11-9-20)25(22,23)16-7-4-12-24-16/h2-7,12H,8-11H2,1H3. The third-order valence-electron chi connectivity index (χ3n) is 4.35. The van der Waals surface area contributed by atoms with Crippen molar-refractivity contribution in [2.75, 3.05) is 31.1 Å². The number of para-hydroxylation sites is 2. The van der Waals surface area contributed by atoms with Crippen LogP contribution in [0.2, 0.25) is 0 Å². The van der Waals surface area contributed by atoms with Crippen molar-refractivity contribution in [1.29, 1.82) is 0 Å². The fourth-order valence-electron chi connectivity index (χ4n) is 3.06. The predicted molar refractivity (Wildman–Crippen MR) is 99.6 cm³/mol. The molecule has 0 amide bonds. The van der Waals surface area contributed by atoms with Gasteiger partial charge in [-0.15, -0.1) is 11.3 Å². The Morgan fingerprint density at radius 2 is 1.64 bits per heavy atom. The average Bonchev–Trinajstić information content (AvgIpc) is 3.17. The summed E-state index contributed by atoms with van der Waals surface area (Å²) < 4.78 is 27.2. The van der Waals surface area contributed by atoms with Crippen molar-refractivity contribution >= 4 is 38.2 Å². The van der Waals surface area contributed by atoms with Gasteiger partial charge >= 0.3 is 0 Å². The summed E-state index contributed by atoms with van der Waals surface area (Å²) in [7, 11) is -3.38. The van der Waals surface area contributed by atoms with Crippen LogP contribution in [0.15, 0.2) is 46.0 Å². The van der Waals surface area contributed by atoms with Crippen LogP contribution in [-0.4, -0.2) is 48.9 Å². The highest BCUT2D eigenvalue weighted by molar-refractivity contribution is 7.91. The van der Waals surface area contributed by atoms with Gasteiger partial charge in [-0.1, -0.05) is 18.2 Å². The summed E-state index contributed by atoms with van der Waals surface area (Å²) in [6.07, 6.45) is 0. The SMILES string of the molecule is Cc1nc2ccccc2nc1N1CCN(S(=O)(=O)c2cccs2)CC1. The largest absolute Gasteiger partial charge is 0.352 e.